The van der Waals surface area contributed by atoms with E-state index in [1.54, 1.807) is 6.07 Å². The first kappa shape index (κ1) is 20.5. The number of fused-ring (bicyclic) bond motifs is 1. The Balaban J connectivity index is 1.52. The van der Waals surface area contributed by atoms with Crippen molar-refractivity contribution in [3.8, 4) is 6.07 Å². The van der Waals surface area contributed by atoms with E-state index in [2.05, 4.69) is 15.4 Å². The van der Waals surface area contributed by atoms with Gasteiger partial charge in [0.25, 0.3) is 0 Å². The number of rotatable bonds is 5. The molecule has 3 heterocycles. The number of nitrogens with two attached hydrogens (primary N) is 1. The van der Waals surface area contributed by atoms with Crippen LogP contribution in [0.2, 0.25) is 0 Å². The van der Waals surface area contributed by atoms with Gasteiger partial charge in [0.1, 0.15) is 42.8 Å². The number of esters is 1. The Hall–Kier alpha value is -2.78. The van der Waals surface area contributed by atoms with Crippen LogP contribution >= 0.6 is 0 Å². The van der Waals surface area contributed by atoms with Crippen LogP contribution in [0.5, 0.6) is 0 Å². The molecule has 2 aromatic rings. The number of aliphatic hydroxyl groups is 2. The first-order valence-corrected chi connectivity index (χ1v) is 9.79. The van der Waals surface area contributed by atoms with E-state index in [0.717, 1.165) is 12.8 Å². The Morgan fingerprint density at radius 1 is 1.50 bits per heavy atom. The number of nitriles is 1. The second-order valence-corrected chi connectivity index (χ2v) is 7.73. The maximum atomic E-state index is 12.4. The molecular formula is C19H24N6O5. The molecule has 1 aliphatic carbocycles. The molecule has 1 aliphatic heterocycles. The second-order valence-electron chi connectivity index (χ2n) is 7.73. The zero-order chi connectivity index (χ0) is 21.5. The number of anilines is 1. The lowest BCUT2D eigenvalue weighted by atomic mass is 9.92. The Morgan fingerprint density at radius 3 is 3.00 bits per heavy atom. The van der Waals surface area contributed by atoms with E-state index in [-0.39, 0.29) is 36.0 Å². The van der Waals surface area contributed by atoms with Gasteiger partial charge in [0, 0.05) is 6.04 Å². The lowest BCUT2D eigenvalue weighted by molar-refractivity contribution is -0.155. The Morgan fingerprint density at radius 2 is 2.30 bits per heavy atom. The van der Waals surface area contributed by atoms with Crippen molar-refractivity contribution in [1.82, 2.24) is 19.9 Å². The highest BCUT2D eigenvalue weighted by Gasteiger charge is 2.58. The number of hydrogen-bond donors (Lipinski definition) is 4. The molecule has 1 saturated heterocycles. The summed E-state index contributed by atoms with van der Waals surface area (Å²) in [4.78, 5) is 16.3. The van der Waals surface area contributed by atoms with E-state index < -0.39 is 23.9 Å². The molecule has 11 nitrogen and oxygen atoms in total. The van der Waals surface area contributed by atoms with E-state index in [9.17, 15) is 20.3 Å². The zero-order valence-electron chi connectivity index (χ0n) is 16.4. The van der Waals surface area contributed by atoms with Crippen molar-refractivity contribution in [1.29, 1.82) is 5.26 Å². The summed E-state index contributed by atoms with van der Waals surface area (Å²) in [7, 11) is 1.85. The molecule has 4 rings (SSSR count). The van der Waals surface area contributed by atoms with Crippen LogP contribution in [0.25, 0.3) is 5.52 Å². The number of carbonyl (C=O) groups excluding carboxylic acids is 1. The molecule has 0 aromatic carbocycles. The van der Waals surface area contributed by atoms with Crippen LogP contribution < -0.4 is 11.1 Å². The van der Waals surface area contributed by atoms with Crippen molar-refractivity contribution in [2.45, 2.75) is 49.2 Å². The molecule has 160 valence electrons. The molecule has 0 spiro atoms. The fourth-order valence-corrected chi connectivity index (χ4v) is 4.29. The average Bonchev–Trinajstić information content (AvgIpc) is 3.46. The van der Waals surface area contributed by atoms with Crippen LogP contribution in [-0.4, -0.2) is 68.8 Å². The summed E-state index contributed by atoms with van der Waals surface area (Å²) in [6, 6.07) is 5.36. The second kappa shape index (κ2) is 7.81. The van der Waals surface area contributed by atoms with Crippen LogP contribution in [0.4, 0.5) is 5.82 Å². The van der Waals surface area contributed by atoms with Crippen LogP contribution in [-0.2, 0) is 19.9 Å². The number of hydrogen-bond acceptors (Lipinski definition) is 10. The predicted molar refractivity (Wildman–Crippen MR) is 103 cm³/mol. The third-order valence-electron chi connectivity index (χ3n) is 6.05. The standard InChI is InChI=1S/C19H24N6O5/c1-22-11-3-2-10(6-11)18(28)29-7-13-15(26)16(27)19(8-20,30-13)14-5-4-12-17(21)23-9-24-25(12)14/h4-5,9-11,13,15-16,22,26-27H,2-3,6-7H2,1H3,(H2,21,23,24)/t10?,11?,13-,15-,16-,19+/m1/s1. The summed E-state index contributed by atoms with van der Waals surface area (Å²) in [5.41, 5.74) is 4.55. The Bertz CT molecular complexity index is 989. The van der Waals surface area contributed by atoms with Gasteiger partial charge in [-0.25, -0.2) is 9.50 Å². The first-order chi connectivity index (χ1) is 14.4. The number of nitrogen functional groups attached to an aromatic ring is 1. The van der Waals surface area contributed by atoms with Gasteiger partial charge in [0.05, 0.1) is 11.6 Å². The molecule has 5 N–H and O–H groups in total. The third-order valence-corrected chi connectivity index (χ3v) is 6.05. The molecule has 0 bridgehead atoms. The molecule has 6 atom stereocenters. The SMILES string of the molecule is CNC1CCC(C(=O)OC[C@H]2O[C@@](C#N)(c3ccc4c(N)ncnn34)[C@H](O)[C@@H]2O)C1. The van der Waals surface area contributed by atoms with Gasteiger partial charge in [-0.15, -0.1) is 0 Å². The van der Waals surface area contributed by atoms with Gasteiger partial charge in [-0.1, -0.05) is 0 Å². The molecule has 2 fully saturated rings. The monoisotopic (exact) mass is 416 g/mol. The lowest BCUT2D eigenvalue weighted by Gasteiger charge is -2.24. The minimum atomic E-state index is -1.91. The number of carbonyl (C=O) groups is 1. The van der Waals surface area contributed by atoms with Crippen molar-refractivity contribution >= 4 is 17.3 Å². The van der Waals surface area contributed by atoms with Crippen LogP contribution in [0.15, 0.2) is 18.5 Å². The number of aromatic nitrogens is 3. The van der Waals surface area contributed by atoms with Crippen molar-refractivity contribution in [2.75, 3.05) is 19.4 Å². The van der Waals surface area contributed by atoms with E-state index in [1.165, 1.54) is 16.9 Å². The van der Waals surface area contributed by atoms with Crippen molar-refractivity contribution in [2.24, 2.45) is 5.92 Å². The normalized spacial score (nSPS) is 33.6. The smallest absolute Gasteiger partial charge is 0.309 e. The highest BCUT2D eigenvalue weighted by atomic mass is 16.6. The Kier molecular flexibility index (Phi) is 5.33. The third kappa shape index (κ3) is 3.18. The summed E-state index contributed by atoms with van der Waals surface area (Å²) in [5.74, 6) is -0.402. The minimum absolute atomic E-state index is 0.194. The molecular weight excluding hydrogens is 392 g/mol. The number of nitrogens with one attached hydrogen (secondary N) is 1. The van der Waals surface area contributed by atoms with Crippen LogP contribution in [0.1, 0.15) is 25.0 Å². The van der Waals surface area contributed by atoms with Gasteiger partial charge in [0.15, 0.2) is 5.82 Å². The first-order valence-electron chi connectivity index (χ1n) is 9.79. The van der Waals surface area contributed by atoms with Gasteiger partial charge < -0.3 is 30.7 Å². The number of ether oxygens (including phenoxy) is 2. The molecule has 30 heavy (non-hydrogen) atoms. The predicted octanol–water partition coefficient (Wildman–Crippen LogP) is -0.918. The molecule has 2 unspecified atom stereocenters. The average molecular weight is 416 g/mol. The van der Waals surface area contributed by atoms with Gasteiger partial charge in [0.2, 0.25) is 5.60 Å². The maximum absolute atomic E-state index is 12.4. The van der Waals surface area contributed by atoms with E-state index in [1.807, 2.05) is 13.1 Å². The topological polar surface area (TPSA) is 168 Å². The summed E-state index contributed by atoms with van der Waals surface area (Å²) in [6.45, 7) is -0.276. The summed E-state index contributed by atoms with van der Waals surface area (Å²) in [6.07, 6.45) is -0.576. The number of nitrogens with zero attached hydrogens (tertiary/aromatic N) is 4. The zero-order valence-corrected chi connectivity index (χ0v) is 16.4. The minimum Gasteiger partial charge on any atom is -0.463 e. The highest BCUT2D eigenvalue weighted by Crippen LogP contribution is 2.40. The largest absolute Gasteiger partial charge is 0.463 e. The maximum Gasteiger partial charge on any atom is 0.309 e. The fraction of sp³-hybridized carbons (Fsp3) is 0.579. The van der Waals surface area contributed by atoms with Crippen molar-refractivity contribution < 1.29 is 24.5 Å². The molecule has 0 amide bonds. The van der Waals surface area contributed by atoms with E-state index in [0.29, 0.717) is 11.9 Å². The molecule has 11 heteroatoms. The molecule has 2 aromatic heterocycles. The van der Waals surface area contributed by atoms with Crippen LogP contribution in [0, 0.1) is 17.2 Å². The molecule has 2 aliphatic rings. The lowest BCUT2D eigenvalue weighted by Crippen LogP contribution is -2.41. The fourth-order valence-electron chi connectivity index (χ4n) is 4.29. The van der Waals surface area contributed by atoms with E-state index in [4.69, 9.17) is 15.2 Å². The molecule has 0 radical (unpaired) electrons. The number of aliphatic hydroxyl groups excluding tert-OH is 2. The summed E-state index contributed by atoms with van der Waals surface area (Å²) >= 11 is 0. The highest BCUT2D eigenvalue weighted by molar-refractivity contribution is 5.73. The van der Waals surface area contributed by atoms with Crippen LogP contribution in [0.3, 0.4) is 0 Å². The van der Waals surface area contributed by atoms with Gasteiger partial charge in [-0.05, 0) is 38.4 Å². The van der Waals surface area contributed by atoms with Crippen molar-refractivity contribution in [3.05, 3.63) is 24.2 Å². The van der Waals surface area contributed by atoms with Gasteiger partial charge >= 0.3 is 5.97 Å². The quantitative estimate of drug-likeness (QED) is 0.447. The van der Waals surface area contributed by atoms with Gasteiger partial charge in [-0.3, -0.25) is 4.79 Å². The summed E-state index contributed by atoms with van der Waals surface area (Å²) in [5, 5.41) is 38.3. The Labute approximate surface area is 172 Å². The summed E-state index contributed by atoms with van der Waals surface area (Å²) < 4.78 is 12.5. The van der Waals surface area contributed by atoms with Gasteiger partial charge in [-0.2, -0.15) is 10.4 Å². The van der Waals surface area contributed by atoms with E-state index >= 15 is 0 Å². The molecule has 1 saturated carbocycles. The van der Waals surface area contributed by atoms with Crippen molar-refractivity contribution in [3.63, 3.8) is 0 Å².